The summed E-state index contributed by atoms with van der Waals surface area (Å²) in [5.41, 5.74) is 2.76. The summed E-state index contributed by atoms with van der Waals surface area (Å²) in [4.78, 5) is 21.1. The third kappa shape index (κ3) is 8.21. The summed E-state index contributed by atoms with van der Waals surface area (Å²) < 4.78 is 78.3. The Morgan fingerprint density at radius 3 is 2.30 bits per heavy atom. The lowest BCUT2D eigenvalue weighted by molar-refractivity contribution is -0.147. The van der Waals surface area contributed by atoms with Crippen molar-refractivity contribution >= 4 is 26.9 Å². The van der Waals surface area contributed by atoms with E-state index in [1.165, 1.54) is 31.4 Å². The summed E-state index contributed by atoms with van der Waals surface area (Å²) >= 11 is 0. The monoisotopic (exact) mass is 656 g/mol. The zero-order valence-corrected chi connectivity index (χ0v) is 26.3. The van der Waals surface area contributed by atoms with Crippen molar-refractivity contribution in [3.8, 4) is 5.75 Å². The molecule has 9 nitrogen and oxygen atoms in total. The quantitative estimate of drug-likeness (QED) is 0.231. The van der Waals surface area contributed by atoms with E-state index in [4.69, 9.17) is 9.47 Å². The lowest BCUT2D eigenvalue weighted by Gasteiger charge is -2.38. The number of rotatable bonds is 11. The number of hydrogen-bond donors (Lipinski definition) is 1. The van der Waals surface area contributed by atoms with Gasteiger partial charge < -0.3 is 9.47 Å². The maximum Gasteiger partial charge on any atom is 0.416 e. The van der Waals surface area contributed by atoms with Gasteiger partial charge in [0.25, 0.3) is 0 Å². The van der Waals surface area contributed by atoms with Gasteiger partial charge in [-0.3, -0.25) is 19.6 Å². The van der Waals surface area contributed by atoms with Crippen LogP contribution in [0, 0.1) is 6.92 Å². The zero-order chi connectivity index (χ0) is 32.9. The third-order valence-electron chi connectivity index (χ3n) is 7.93. The topological polar surface area (TPSA) is 101 Å². The molecule has 2 heterocycles. The second-order valence-corrected chi connectivity index (χ2v) is 12.9. The zero-order valence-electron chi connectivity index (χ0n) is 25.5. The number of nitrogens with zero attached hydrogens (tertiary/aromatic N) is 3. The number of pyridine rings is 1. The van der Waals surface area contributed by atoms with Gasteiger partial charge in [0.2, 0.25) is 10.0 Å². The second kappa shape index (κ2) is 14.2. The number of para-hydroxylation sites is 1. The summed E-state index contributed by atoms with van der Waals surface area (Å²) in [5.74, 6) is -0.0689. The Morgan fingerprint density at radius 2 is 1.65 bits per heavy atom. The first-order valence-electron chi connectivity index (χ1n) is 14.7. The number of piperazine rings is 1. The molecular weight excluding hydrogens is 621 g/mol. The number of hydrogen-bond acceptors (Lipinski definition) is 8. The van der Waals surface area contributed by atoms with Crippen molar-refractivity contribution in [3.05, 3.63) is 101 Å². The predicted molar refractivity (Wildman–Crippen MR) is 167 cm³/mol. The average Bonchev–Trinajstić information content (AvgIpc) is 3.04. The minimum atomic E-state index is -4.39. The van der Waals surface area contributed by atoms with E-state index in [2.05, 4.69) is 14.6 Å². The average molecular weight is 657 g/mol. The van der Waals surface area contributed by atoms with Crippen molar-refractivity contribution in [2.45, 2.75) is 37.2 Å². The molecule has 4 aromatic rings. The highest BCUT2D eigenvalue weighted by atomic mass is 32.2. The number of carbonyl (C=O) groups excluding carboxylic acids is 1. The van der Waals surface area contributed by atoms with Crippen LogP contribution in [0.25, 0.3) is 10.9 Å². The van der Waals surface area contributed by atoms with Crippen molar-refractivity contribution in [3.63, 3.8) is 0 Å². The van der Waals surface area contributed by atoms with Crippen molar-refractivity contribution in [1.82, 2.24) is 19.5 Å². The fourth-order valence-electron chi connectivity index (χ4n) is 5.45. The number of sulfonamides is 1. The minimum absolute atomic E-state index is 0.0232. The Morgan fingerprint density at radius 1 is 0.978 bits per heavy atom. The molecule has 1 aliphatic rings. The lowest BCUT2D eigenvalue weighted by Crippen LogP contribution is -2.56. The van der Waals surface area contributed by atoms with Gasteiger partial charge in [-0.1, -0.05) is 30.3 Å². The van der Waals surface area contributed by atoms with Gasteiger partial charge in [0, 0.05) is 55.9 Å². The van der Waals surface area contributed by atoms with Gasteiger partial charge >= 0.3 is 12.1 Å². The van der Waals surface area contributed by atoms with Crippen molar-refractivity contribution < 1.29 is 35.9 Å². The van der Waals surface area contributed by atoms with Crippen molar-refractivity contribution in [2.75, 3.05) is 39.8 Å². The van der Waals surface area contributed by atoms with Gasteiger partial charge in [0.05, 0.1) is 23.1 Å². The molecule has 1 fully saturated rings. The van der Waals surface area contributed by atoms with Crippen LogP contribution in [0.1, 0.15) is 22.4 Å². The molecule has 46 heavy (non-hydrogen) atoms. The van der Waals surface area contributed by atoms with Crippen LogP contribution in [-0.4, -0.2) is 75.0 Å². The molecule has 0 radical (unpaired) electrons. The van der Waals surface area contributed by atoms with E-state index in [0.717, 1.165) is 39.9 Å². The van der Waals surface area contributed by atoms with Crippen molar-refractivity contribution in [1.29, 1.82) is 0 Å². The van der Waals surface area contributed by atoms with E-state index in [1.54, 1.807) is 12.1 Å². The van der Waals surface area contributed by atoms with E-state index in [-0.39, 0.29) is 18.0 Å². The number of aromatic nitrogens is 1. The van der Waals surface area contributed by atoms with Crippen LogP contribution in [0.5, 0.6) is 5.75 Å². The first-order chi connectivity index (χ1) is 21.9. The second-order valence-electron chi connectivity index (χ2n) is 11.1. The third-order valence-corrected chi connectivity index (χ3v) is 9.37. The standard InChI is InChI=1S/C33H35F3N4O5S/c1-23-19-25(29-5-3-4-6-30(29)38-23)22-45-27-11-13-28(14-12-27)46(42,43)37-20-31(32(41)44-2)40-17-15-39(16-18-40)21-24-7-9-26(10-8-24)33(34,35)36/h3-14,19,31,37H,15-18,20-22H2,1-2H3/t31-/m0/s1. The SMILES string of the molecule is COC(=O)[C@H](CNS(=O)(=O)c1ccc(OCc2cc(C)nc3ccccc23)cc1)N1CCN(Cc2ccc(C(F)(F)F)cc2)CC1. The number of aryl methyl sites for hydroxylation is 1. The molecule has 0 spiro atoms. The van der Waals surface area contributed by atoms with E-state index >= 15 is 0 Å². The fourth-order valence-corrected chi connectivity index (χ4v) is 6.49. The molecule has 1 saturated heterocycles. The number of benzene rings is 3. The highest BCUT2D eigenvalue weighted by Crippen LogP contribution is 2.29. The maximum atomic E-state index is 13.1. The number of fused-ring (bicyclic) bond motifs is 1. The molecule has 1 aromatic heterocycles. The van der Waals surface area contributed by atoms with Gasteiger partial charge in [0.1, 0.15) is 18.4 Å². The minimum Gasteiger partial charge on any atom is -0.489 e. The number of alkyl halides is 3. The molecule has 5 rings (SSSR count). The summed E-state index contributed by atoms with van der Waals surface area (Å²) in [6.45, 7) is 4.43. The Hall–Kier alpha value is -4.04. The number of methoxy groups -OCH3 is 1. The van der Waals surface area contributed by atoms with Gasteiger partial charge in [-0.15, -0.1) is 0 Å². The first kappa shape index (κ1) is 33.3. The van der Waals surface area contributed by atoms with Crippen LogP contribution in [0.3, 0.4) is 0 Å². The van der Waals surface area contributed by atoms with Crippen molar-refractivity contribution in [2.24, 2.45) is 0 Å². The van der Waals surface area contributed by atoms with E-state index in [1.807, 2.05) is 42.2 Å². The fraction of sp³-hybridized carbons (Fsp3) is 0.333. The van der Waals surface area contributed by atoms with Crippen LogP contribution in [0.4, 0.5) is 13.2 Å². The van der Waals surface area contributed by atoms with Crippen LogP contribution in [-0.2, 0) is 38.9 Å². The summed E-state index contributed by atoms with van der Waals surface area (Å²) in [5, 5.41) is 0.984. The Balaban J connectivity index is 1.15. The number of ether oxygens (including phenoxy) is 2. The molecule has 13 heteroatoms. The molecule has 0 aliphatic carbocycles. The van der Waals surface area contributed by atoms with Crippen LogP contribution in [0.2, 0.25) is 0 Å². The molecule has 244 valence electrons. The molecule has 1 atom stereocenters. The molecule has 1 aliphatic heterocycles. The molecule has 0 saturated carbocycles. The normalized spacial score (nSPS) is 15.5. The van der Waals surface area contributed by atoms with Crippen LogP contribution >= 0.6 is 0 Å². The molecule has 1 N–H and O–H groups in total. The molecule has 0 bridgehead atoms. The van der Waals surface area contributed by atoms with E-state index < -0.39 is 33.8 Å². The maximum absolute atomic E-state index is 13.1. The van der Waals surface area contributed by atoms with E-state index in [9.17, 15) is 26.4 Å². The van der Waals surface area contributed by atoms with Crippen LogP contribution in [0.15, 0.2) is 83.8 Å². The van der Waals surface area contributed by atoms with E-state index in [0.29, 0.717) is 38.5 Å². The highest BCUT2D eigenvalue weighted by Gasteiger charge is 2.32. The van der Waals surface area contributed by atoms with Crippen LogP contribution < -0.4 is 9.46 Å². The highest BCUT2D eigenvalue weighted by molar-refractivity contribution is 7.89. The number of esters is 1. The lowest BCUT2D eigenvalue weighted by atomic mass is 10.1. The Kier molecular flexibility index (Phi) is 10.3. The largest absolute Gasteiger partial charge is 0.489 e. The number of halogens is 3. The summed E-state index contributed by atoms with van der Waals surface area (Å²) in [6, 6.07) is 20.0. The Labute approximate surface area is 266 Å². The molecule has 3 aromatic carbocycles. The van der Waals surface area contributed by atoms with Gasteiger partial charge in [-0.2, -0.15) is 13.2 Å². The Bertz CT molecular complexity index is 1760. The van der Waals surface area contributed by atoms with Gasteiger partial charge in [-0.25, -0.2) is 13.1 Å². The smallest absolute Gasteiger partial charge is 0.416 e. The predicted octanol–water partition coefficient (Wildman–Crippen LogP) is 4.78. The molecule has 0 amide bonds. The summed E-state index contributed by atoms with van der Waals surface area (Å²) in [7, 11) is -2.71. The molecule has 0 unspecified atom stereocenters. The van der Waals surface area contributed by atoms with Gasteiger partial charge in [-0.05, 0) is 61.0 Å². The number of carbonyl (C=O) groups is 1. The summed E-state index contributed by atoms with van der Waals surface area (Å²) in [6.07, 6.45) is -4.39. The molecular formula is C33H35F3N4O5S. The first-order valence-corrected chi connectivity index (χ1v) is 16.2. The van der Waals surface area contributed by atoms with Gasteiger partial charge in [0.15, 0.2) is 0 Å². The number of nitrogens with one attached hydrogen (secondary N) is 1.